The summed E-state index contributed by atoms with van der Waals surface area (Å²) in [6.07, 6.45) is 0. The van der Waals surface area contributed by atoms with Crippen molar-refractivity contribution >= 4 is 0 Å². The molecule has 0 unspecified atom stereocenters. The van der Waals surface area contributed by atoms with Crippen LogP contribution in [0.15, 0.2) is 0 Å². The first-order chi connectivity index (χ1) is 5.09. The predicted molar refractivity (Wildman–Crippen MR) is 22.7 cm³/mol. The van der Waals surface area contributed by atoms with Crippen molar-refractivity contribution in [3.8, 4) is 0 Å². The standard InChI is InChI=1S/C3H4F4N2O2/c4-8(5)3(9(6)7)10-1-2-11-3/h1-2H2. The Morgan fingerprint density at radius 3 is 1.45 bits per heavy atom. The zero-order valence-corrected chi connectivity index (χ0v) is 5.14. The Hall–Kier alpha value is -0.440. The highest BCUT2D eigenvalue weighted by molar-refractivity contribution is 4.56. The van der Waals surface area contributed by atoms with E-state index >= 15 is 0 Å². The molecule has 4 nitrogen and oxygen atoms in total. The molecule has 1 aliphatic heterocycles. The van der Waals surface area contributed by atoms with Crippen molar-refractivity contribution < 1.29 is 27.4 Å². The van der Waals surface area contributed by atoms with Crippen molar-refractivity contribution in [1.29, 1.82) is 0 Å². The van der Waals surface area contributed by atoms with Crippen LogP contribution in [0.25, 0.3) is 0 Å². The summed E-state index contributed by atoms with van der Waals surface area (Å²) in [5.41, 5.74) is 0. The molecule has 0 N–H and O–H groups in total. The Bertz CT molecular complexity index is 127. The molecular weight excluding hydrogens is 172 g/mol. The average molecular weight is 176 g/mol. The summed E-state index contributed by atoms with van der Waals surface area (Å²) in [4.78, 5) is 0. The summed E-state index contributed by atoms with van der Waals surface area (Å²) in [6.45, 7) is -0.594. The van der Waals surface area contributed by atoms with Gasteiger partial charge in [0, 0.05) is 0 Å². The van der Waals surface area contributed by atoms with Gasteiger partial charge in [-0.05, 0) is 0 Å². The van der Waals surface area contributed by atoms with Gasteiger partial charge in [0.25, 0.3) is 0 Å². The van der Waals surface area contributed by atoms with Crippen LogP contribution >= 0.6 is 0 Å². The Kier molecular flexibility index (Phi) is 2.28. The molecule has 0 spiro atoms. The predicted octanol–water partition coefficient (Wildman–Crippen LogP) is 0.786. The first-order valence-corrected chi connectivity index (χ1v) is 2.61. The van der Waals surface area contributed by atoms with E-state index in [4.69, 9.17) is 0 Å². The monoisotopic (exact) mass is 176 g/mol. The highest BCUT2D eigenvalue weighted by atomic mass is 19.4. The largest absolute Gasteiger partial charge is 0.409 e. The molecule has 0 aromatic rings. The fourth-order valence-electron chi connectivity index (χ4n) is 0.643. The molecule has 66 valence electrons. The van der Waals surface area contributed by atoms with Gasteiger partial charge >= 0.3 is 6.03 Å². The van der Waals surface area contributed by atoms with Crippen molar-refractivity contribution in [2.45, 2.75) is 6.03 Å². The van der Waals surface area contributed by atoms with E-state index in [-0.39, 0.29) is 13.2 Å². The molecule has 11 heavy (non-hydrogen) atoms. The van der Waals surface area contributed by atoms with Gasteiger partial charge in [-0.15, -0.1) is 0 Å². The summed E-state index contributed by atoms with van der Waals surface area (Å²) < 4.78 is 54.8. The molecule has 0 amide bonds. The lowest BCUT2D eigenvalue weighted by Gasteiger charge is -2.24. The van der Waals surface area contributed by atoms with Crippen LogP contribution in [-0.2, 0) is 9.47 Å². The highest BCUT2D eigenvalue weighted by Crippen LogP contribution is 2.29. The van der Waals surface area contributed by atoms with Crippen LogP contribution in [0.5, 0.6) is 0 Å². The van der Waals surface area contributed by atoms with Gasteiger partial charge in [0.15, 0.2) is 0 Å². The van der Waals surface area contributed by atoms with Gasteiger partial charge < -0.3 is 9.47 Å². The van der Waals surface area contributed by atoms with Gasteiger partial charge in [-0.1, -0.05) is 17.9 Å². The maximum Gasteiger partial charge on any atom is 0.409 e. The van der Waals surface area contributed by atoms with E-state index in [1.165, 1.54) is 0 Å². The van der Waals surface area contributed by atoms with E-state index in [0.717, 1.165) is 0 Å². The minimum Gasteiger partial charge on any atom is -0.315 e. The van der Waals surface area contributed by atoms with Gasteiger partial charge in [-0.3, -0.25) is 0 Å². The minimum atomic E-state index is -3.31. The molecule has 0 aliphatic carbocycles. The SMILES string of the molecule is FN(F)C1(N(F)F)OCCO1. The summed E-state index contributed by atoms with van der Waals surface area (Å²) in [5.74, 6) is 0. The molecule has 0 radical (unpaired) electrons. The lowest BCUT2D eigenvalue weighted by molar-refractivity contribution is -0.514. The zero-order chi connectivity index (χ0) is 8.48. The van der Waals surface area contributed by atoms with Gasteiger partial charge in [0.2, 0.25) is 0 Å². The van der Waals surface area contributed by atoms with E-state index in [1.807, 2.05) is 0 Å². The van der Waals surface area contributed by atoms with Gasteiger partial charge in [-0.2, -0.15) is 0 Å². The van der Waals surface area contributed by atoms with E-state index in [0.29, 0.717) is 0 Å². The molecule has 0 bridgehead atoms. The average Bonchev–Trinajstić information content (AvgIpc) is 2.34. The molecule has 1 fully saturated rings. The third-order valence-corrected chi connectivity index (χ3v) is 1.09. The number of nitrogens with zero attached hydrogens (tertiary/aromatic N) is 2. The third kappa shape index (κ3) is 1.29. The van der Waals surface area contributed by atoms with Crippen molar-refractivity contribution in [1.82, 2.24) is 10.7 Å². The van der Waals surface area contributed by atoms with Crippen LogP contribution in [-0.4, -0.2) is 29.9 Å². The lowest BCUT2D eigenvalue weighted by Crippen LogP contribution is -2.49. The Morgan fingerprint density at radius 2 is 1.27 bits per heavy atom. The number of rotatable bonds is 2. The van der Waals surface area contributed by atoms with Gasteiger partial charge in [-0.25, -0.2) is 0 Å². The van der Waals surface area contributed by atoms with Crippen molar-refractivity contribution in [2.75, 3.05) is 13.2 Å². The van der Waals surface area contributed by atoms with E-state index in [2.05, 4.69) is 9.47 Å². The van der Waals surface area contributed by atoms with Crippen LogP contribution in [0, 0.1) is 0 Å². The van der Waals surface area contributed by atoms with Crippen LogP contribution in [0.3, 0.4) is 0 Å². The molecule has 0 saturated carbocycles. The van der Waals surface area contributed by atoms with Crippen molar-refractivity contribution in [3.05, 3.63) is 0 Å². The third-order valence-electron chi connectivity index (χ3n) is 1.09. The van der Waals surface area contributed by atoms with Gasteiger partial charge in [0.05, 0.1) is 13.2 Å². The molecule has 1 saturated heterocycles. The molecular formula is C3H4F4N2O2. The quantitative estimate of drug-likeness (QED) is 0.352. The second-order valence-corrected chi connectivity index (χ2v) is 1.71. The minimum absolute atomic E-state index is 0.297. The topological polar surface area (TPSA) is 24.9 Å². The lowest BCUT2D eigenvalue weighted by atomic mass is 10.8. The van der Waals surface area contributed by atoms with Crippen molar-refractivity contribution in [3.63, 3.8) is 0 Å². The summed E-state index contributed by atoms with van der Waals surface area (Å²) >= 11 is 0. The molecule has 1 aliphatic rings. The number of halogens is 4. The molecule has 8 heteroatoms. The van der Waals surface area contributed by atoms with Gasteiger partial charge in [0.1, 0.15) is 10.7 Å². The molecule has 0 aromatic heterocycles. The maximum atomic E-state index is 11.7. The maximum absolute atomic E-state index is 11.7. The molecule has 0 aromatic carbocycles. The molecule has 1 heterocycles. The fraction of sp³-hybridized carbons (Fsp3) is 1.00. The Labute approximate surface area is 58.6 Å². The normalized spacial score (nSPS) is 23.5. The second-order valence-electron chi connectivity index (χ2n) is 1.71. The Balaban J connectivity index is 2.70. The molecule has 0 atom stereocenters. The number of hydrogen-bond donors (Lipinski definition) is 0. The number of hydrogen-bond acceptors (Lipinski definition) is 4. The summed E-state index contributed by atoms with van der Waals surface area (Å²) in [6, 6.07) is -3.31. The smallest absolute Gasteiger partial charge is 0.315 e. The van der Waals surface area contributed by atoms with Crippen LogP contribution in [0.1, 0.15) is 0 Å². The first kappa shape index (κ1) is 8.65. The summed E-state index contributed by atoms with van der Waals surface area (Å²) in [7, 11) is 0. The highest BCUT2D eigenvalue weighted by Gasteiger charge is 2.54. The first-order valence-electron chi connectivity index (χ1n) is 2.61. The van der Waals surface area contributed by atoms with Crippen LogP contribution < -0.4 is 0 Å². The van der Waals surface area contributed by atoms with E-state index in [9.17, 15) is 17.9 Å². The van der Waals surface area contributed by atoms with Crippen molar-refractivity contribution in [2.24, 2.45) is 0 Å². The number of ether oxygens (including phenoxy) is 2. The van der Waals surface area contributed by atoms with E-state index < -0.39 is 16.7 Å². The van der Waals surface area contributed by atoms with Crippen LogP contribution in [0.4, 0.5) is 17.9 Å². The Morgan fingerprint density at radius 1 is 0.909 bits per heavy atom. The second kappa shape index (κ2) is 2.89. The zero-order valence-electron chi connectivity index (χ0n) is 5.14. The molecule has 1 rings (SSSR count). The fourth-order valence-corrected chi connectivity index (χ4v) is 0.643. The summed E-state index contributed by atoms with van der Waals surface area (Å²) in [5, 5.41) is -3.67. The van der Waals surface area contributed by atoms with Crippen LogP contribution in [0.2, 0.25) is 0 Å². The van der Waals surface area contributed by atoms with E-state index in [1.54, 1.807) is 0 Å².